The average molecular weight is 398 g/mol. The number of carbonyl (C=O) groups excluding carboxylic acids is 1. The maximum absolute atomic E-state index is 13.1. The molecule has 0 amide bonds. The summed E-state index contributed by atoms with van der Waals surface area (Å²) in [6, 6.07) is 3.63. The fourth-order valence-corrected chi connectivity index (χ4v) is 4.50. The number of furan rings is 1. The Bertz CT molecular complexity index is 1160. The molecule has 7 heteroatoms. The molecule has 146 valence electrons. The van der Waals surface area contributed by atoms with Gasteiger partial charge in [-0.15, -0.1) is 0 Å². The number of thioether (sulfide) groups is 1. The van der Waals surface area contributed by atoms with Crippen LogP contribution in [0.1, 0.15) is 55.9 Å². The van der Waals surface area contributed by atoms with Crippen LogP contribution in [0.4, 0.5) is 0 Å². The zero-order valence-corrected chi connectivity index (χ0v) is 17.5. The van der Waals surface area contributed by atoms with Gasteiger partial charge in [0, 0.05) is 17.2 Å². The minimum absolute atomic E-state index is 0.00950. The van der Waals surface area contributed by atoms with Gasteiger partial charge in [0.25, 0.3) is 5.56 Å². The molecule has 0 saturated carbocycles. The summed E-state index contributed by atoms with van der Waals surface area (Å²) in [5.74, 6) is 1.21. The molecule has 0 bridgehead atoms. The maximum atomic E-state index is 13.1. The summed E-state index contributed by atoms with van der Waals surface area (Å²) in [5, 5.41) is 1.11. The van der Waals surface area contributed by atoms with E-state index in [1.165, 1.54) is 11.8 Å². The molecule has 0 unspecified atom stereocenters. The van der Waals surface area contributed by atoms with Crippen molar-refractivity contribution in [2.24, 2.45) is 5.41 Å². The summed E-state index contributed by atoms with van der Waals surface area (Å²) in [5.41, 5.74) is 1.58. The van der Waals surface area contributed by atoms with Crippen LogP contribution in [0, 0.1) is 12.3 Å². The third-order valence-corrected chi connectivity index (χ3v) is 5.69. The molecule has 6 nitrogen and oxygen atoms in total. The molecule has 0 saturated heterocycles. The second-order valence-corrected chi connectivity index (χ2v) is 9.96. The zero-order valence-electron chi connectivity index (χ0n) is 16.7. The number of hydrogen-bond donors (Lipinski definition) is 1. The first-order valence-corrected chi connectivity index (χ1v) is 10.3. The Morgan fingerprint density at radius 1 is 1.14 bits per heavy atom. The van der Waals surface area contributed by atoms with Gasteiger partial charge in [-0.1, -0.05) is 39.5 Å². The van der Waals surface area contributed by atoms with E-state index in [-0.39, 0.29) is 22.0 Å². The molecule has 1 aliphatic carbocycles. The molecule has 0 atom stereocenters. The molecule has 3 aromatic rings. The van der Waals surface area contributed by atoms with Gasteiger partial charge in [-0.05, 0) is 30.9 Å². The lowest BCUT2D eigenvalue weighted by Gasteiger charge is -2.30. The molecule has 4 rings (SSSR count). The Morgan fingerprint density at radius 2 is 1.89 bits per heavy atom. The Balaban J connectivity index is 2.09. The highest BCUT2D eigenvalue weighted by atomic mass is 32.2. The van der Waals surface area contributed by atoms with E-state index in [0.717, 1.165) is 0 Å². The number of carbonyl (C=O) groups is 1. The lowest BCUT2D eigenvalue weighted by molar-refractivity contribution is 0.0911. The Kier molecular flexibility index (Phi) is 4.45. The normalized spacial score (nSPS) is 16.0. The smallest absolute Gasteiger partial charge is 0.261 e. The van der Waals surface area contributed by atoms with Gasteiger partial charge in [0.1, 0.15) is 11.5 Å². The van der Waals surface area contributed by atoms with E-state index in [2.05, 4.69) is 28.8 Å². The van der Waals surface area contributed by atoms with Crippen LogP contribution in [0.15, 0.2) is 26.5 Å². The van der Waals surface area contributed by atoms with Crippen LogP contribution in [0.3, 0.4) is 0 Å². The van der Waals surface area contributed by atoms with E-state index >= 15 is 0 Å². The van der Waals surface area contributed by atoms with Crippen molar-refractivity contribution >= 4 is 28.6 Å². The van der Waals surface area contributed by atoms with Gasteiger partial charge < -0.3 is 9.40 Å². The summed E-state index contributed by atoms with van der Waals surface area (Å²) < 4.78 is 5.83. The van der Waals surface area contributed by atoms with Crippen molar-refractivity contribution < 1.29 is 9.21 Å². The topological polar surface area (TPSA) is 88.9 Å². The van der Waals surface area contributed by atoms with Crippen LogP contribution < -0.4 is 5.56 Å². The number of nitrogens with one attached hydrogen (secondary N) is 1. The van der Waals surface area contributed by atoms with Crippen molar-refractivity contribution in [2.75, 3.05) is 0 Å². The predicted molar refractivity (Wildman–Crippen MR) is 110 cm³/mol. The number of aromatic nitrogens is 3. The SMILES string of the molecule is Cc1ccc(-c2c3c(nc4nc(SC(C)C)[nH]c(=O)c24)CC(C)(C)CC3=O)o1. The van der Waals surface area contributed by atoms with Gasteiger partial charge in [-0.3, -0.25) is 9.59 Å². The number of ketones is 1. The van der Waals surface area contributed by atoms with Crippen LogP contribution in [0.5, 0.6) is 0 Å². The minimum Gasteiger partial charge on any atom is -0.461 e. The quantitative estimate of drug-likeness (QED) is 0.515. The number of Topliss-reactive ketones (excluding diaryl/α,β-unsaturated/α-hetero) is 1. The monoisotopic (exact) mass is 397 g/mol. The highest BCUT2D eigenvalue weighted by Gasteiger charge is 2.36. The van der Waals surface area contributed by atoms with Gasteiger partial charge in [0.05, 0.1) is 16.6 Å². The molecule has 28 heavy (non-hydrogen) atoms. The lowest BCUT2D eigenvalue weighted by Crippen LogP contribution is -2.29. The van der Waals surface area contributed by atoms with E-state index < -0.39 is 0 Å². The molecule has 3 aromatic heterocycles. The summed E-state index contributed by atoms with van der Waals surface area (Å²) in [7, 11) is 0. The lowest BCUT2D eigenvalue weighted by atomic mass is 9.74. The molecular formula is C21H23N3O3S. The van der Waals surface area contributed by atoms with Crippen LogP contribution in [-0.2, 0) is 6.42 Å². The molecule has 0 fully saturated rings. The third kappa shape index (κ3) is 3.28. The molecule has 3 heterocycles. The molecule has 1 aliphatic rings. The zero-order chi connectivity index (χ0) is 20.2. The molecule has 1 N–H and O–H groups in total. The van der Waals surface area contributed by atoms with Crippen LogP contribution in [0.25, 0.3) is 22.4 Å². The number of rotatable bonds is 3. The summed E-state index contributed by atoms with van der Waals surface area (Å²) >= 11 is 1.47. The number of hydrogen-bond acceptors (Lipinski definition) is 6. The van der Waals surface area contributed by atoms with E-state index in [1.807, 2.05) is 26.8 Å². The third-order valence-electron chi connectivity index (χ3n) is 4.81. The number of fused-ring (bicyclic) bond motifs is 2. The molecule has 0 spiro atoms. The van der Waals surface area contributed by atoms with Crippen molar-refractivity contribution in [1.29, 1.82) is 0 Å². The van der Waals surface area contributed by atoms with Crippen molar-refractivity contribution in [1.82, 2.24) is 15.0 Å². The first-order valence-electron chi connectivity index (χ1n) is 9.38. The largest absolute Gasteiger partial charge is 0.461 e. The Labute approximate surface area is 167 Å². The van der Waals surface area contributed by atoms with E-state index in [4.69, 9.17) is 4.42 Å². The van der Waals surface area contributed by atoms with Gasteiger partial charge in [0.2, 0.25) is 0 Å². The summed E-state index contributed by atoms with van der Waals surface area (Å²) in [4.78, 5) is 38.2. The predicted octanol–water partition coefficient (Wildman–Crippen LogP) is 4.54. The highest BCUT2D eigenvalue weighted by molar-refractivity contribution is 7.99. The van der Waals surface area contributed by atoms with E-state index in [1.54, 1.807) is 6.07 Å². The first kappa shape index (κ1) is 18.9. The molecule has 0 radical (unpaired) electrons. The average Bonchev–Trinajstić information content (AvgIpc) is 2.97. The number of nitrogens with zero attached hydrogens (tertiary/aromatic N) is 2. The molecule has 0 aliphatic heterocycles. The number of aryl methyl sites for hydroxylation is 1. The van der Waals surface area contributed by atoms with Crippen molar-refractivity contribution in [3.8, 4) is 11.3 Å². The van der Waals surface area contributed by atoms with Crippen molar-refractivity contribution in [2.45, 2.75) is 57.9 Å². The van der Waals surface area contributed by atoms with Crippen molar-refractivity contribution in [3.05, 3.63) is 39.5 Å². The Hall–Kier alpha value is -2.41. The van der Waals surface area contributed by atoms with Crippen molar-refractivity contribution in [3.63, 3.8) is 0 Å². The van der Waals surface area contributed by atoms with Gasteiger partial charge in [-0.2, -0.15) is 0 Å². The second-order valence-electron chi connectivity index (χ2n) is 8.40. The molecular weight excluding hydrogens is 374 g/mol. The fourth-order valence-electron chi connectivity index (χ4n) is 3.76. The van der Waals surface area contributed by atoms with Gasteiger partial charge in [-0.25, -0.2) is 9.97 Å². The second kappa shape index (κ2) is 6.58. The Morgan fingerprint density at radius 3 is 2.54 bits per heavy atom. The van der Waals surface area contributed by atoms with E-state index in [9.17, 15) is 9.59 Å². The highest BCUT2D eigenvalue weighted by Crippen LogP contribution is 2.41. The summed E-state index contributed by atoms with van der Waals surface area (Å²) in [6.45, 7) is 10.0. The van der Waals surface area contributed by atoms with Crippen LogP contribution in [0.2, 0.25) is 0 Å². The summed E-state index contributed by atoms with van der Waals surface area (Å²) in [6.07, 6.45) is 1.06. The van der Waals surface area contributed by atoms with Crippen LogP contribution in [-0.4, -0.2) is 26.0 Å². The standard InChI is InChI=1S/C21H23N3O3S/c1-10(2)28-20-23-18-17(19(26)24-20)16(14-7-6-11(3)27-14)15-12(22-18)8-21(4,5)9-13(15)25/h6-7,10H,8-9H2,1-5H3,(H,22,23,24,26). The van der Waals surface area contributed by atoms with Crippen LogP contribution >= 0.6 is 11.8 Å². The maximum Gasteiger partial charge on any atom is 0.261 e. The molecule has 0 aromatic carbocycles. The fraction of sp³-hybridized carbons (Fsp3) is 0.429. The minimum atomic E-state index is -0.301. The van der Waals surface area contributed by atoms with E-state index in [0.29, 0.717) is 57.4 Å². The van der Waals surface area contributed by atoms with Gasteiger partial charge >= 0.3 is 0 Å². The number of aromatic amines is 1. The number of pyridine rings is 1. The number of H-pyrrole nitrogens is 1. The van der Waals surface area contributed by atoms with Gasteiger partial charge in [0.15, 0.2) is 16.6 Å². The first-order chi connectivity index (χ1) is 13.1.